The molecule has 0 radical (unpaired) electrons. The van der Waals surface area contributed by atoms with Gasteiger partial charge < -0.3 is 52.8 Å². The van der Waals surface area contributed by atoms with Crippen molar-refractivity contribution < 1.29 is 82.7 Å². The molecule has 0 aromatic heterocycles. The number of alkyl carbamates (subject to hydrolysis) is 1. The highest BCUT2D eigenvalue weighted by Crippen LogP contribution is 2.46. The fourth-order valence-corrected chi connectivity index (χ4v) is 9.61. The molecule has 0 aliphatic carbocycles. The molecule has 7 rings (SSSR count). The monoisotopic (exact) mass is 1140 g/mol. The molecule has 2 aliphatic rings. The quantitative estimate of drug-likeness (QED) is 0.0706. The average molecular weight is 1140 g/mol. The van der Waals surface area contributed by atoms with Crippen LogP contribution in [0.15, 0.2) is 97.1 Å². The Bertz CT molecular complexity index is 2990. The second-order valence-electron chi connectivity index (χ2n) is 21.7. The minimum absolute atomic E-state index is 0. The van der Waals surface area contributed by atoms with E-state index in [4.69, 9.17) is 14.2 Å². The summed E-state index contributed by atoms with van der Waals surface area (Å²) in [6, 6.07) is 24.8. The smallest absolute Gasteiger partial charge is 0.514 e. The van der Waals surface area contributed by atoms with Crippen LogP contribution in [0, 0.1) is 13.8 Å². The van der Waals surface area contributed by atoms with Gasteiger partial charge in [0.15, 0.2) is 0 Å². The highest BCUT2D eigenvalue weighted by atomic mass is 35.5. The first-order valence-electron chi connectivity index (χ1n) is 25.5. The van der Waals surface area contributed by atoms with Crippen molar-refractivity contribution in [2.45, 2.75) is 150 Å². The number of aryl methyl sites for hydroxylation is 2. The standard InChI is InChI=1S/C40H48F3N3O7.C19H19F3N2O.CH4.ClH/c1-23-17-28(51-37(50)53-39(7,8)9)18-24(2)29(23)22-33(45-36(49)52-38(4,5)6)35(48)44-32-15-16-46(25(3)47)34-30(32)20-27(21-31(34)40(41,42)43)19-26-13-11-10-12-14-26;1-12(25)24-8-7-17(23)15-10-14(9-13-5-3-2-4-6-13)11-16(18(15)24)19(20,21)22;;/h10-14,17-18,20-21,32-33H,15-16,19,22H2,1-9H3,(H,44,48)(H,45,49);2-6,10-11,17H,7-9,23H2,1H3;1H4;1H/t32-,33+;17-;;/m11../s1. The predicted octanol–water partition coefficient (Wildman–Crippen LogP) is 9.25. The maximum Gasteiger partial charge on any atom is 0.514 e. The lowest BCUT2D eigenvalue weighted by molar-refractivity contribution is -0.428. The number of hydrogen-bond donors (Lipinski definition) is 3. The first-order chi connectivity index (χ1) is 36.3. The van der Waals surface area contributed by atoms with E-state index >= 15 is 0 Å². The van der Waals surface area contributed by atoms with Gasteiger partial charge in [0, 0.05) is 45.3 Å². The number of alkyl halides is 6. The van der Waals surface area contributed by atoms with E-state index in [-0.39, 0.29) is 86.8 Å². The van der Waals surface area contributed by atoms with Crippen molar-refractivity contribution in [3.63, 3.8) is 0 Å². The van der Waals surface area contributed by atoms with Crippen LogP contribution in [0.2, 0.25) is 0 Å². The number of benzene rings is 5. The van der Waals surface area contributed by atoms with Crippen LogP contribution in [0.4, 0.5) is 47.3 Å². The molecule has 3 atom stereocenters. The molecule has 0 saturated carbocycles. The molecule has 0 saturated heterocycles. The topological polar surface area (TPSA) is 171 Å². The molecular formula is C60H72ClF6N5O8. The van der Waals surface area contributed by atoms with Crippen LogP contribution in [0.1, 0.15) is 149 Å². The lowest BCUT2D eigenvalue weighted by atomic mass is 9.88. The fraction of sp³-hybridized carbons (Fsp3) is 0.417. The Morgan fingerprint density at radius 2 is 1.07 bits per heavy atom. The van der Waals surface area contributed by atoms with Gasteiger partial charge in [-0.05, 0) is 149 Å². The number of amides is 4. The van der Waals surface area contributed by atoms with Gasteiger partial charge in [0.25, 0.3) is 0 Å². The Hall–Kier alpha value is -7.12. The summed E-state index contributed by atoms with van der Waals surface area (Å²) in [5.41, 5.74) is 5.55. The molecule has 4 amide bonds. The minimum atomic E-state index is -4.80. The van der Waals surface area contributed by atoms with Crippen molar-refractivity contribution in [2.24, 2.45) is 0 Å². The van der Waals surface area contributed by atoms with Crippen LogP contribution in [0.3, 0.4) is 0 Å². The largest absolute Gasteiger partial charge is 1.00 e. The third-order valence-electron chi connectivity index (χ3n) is 13.0. The minimum Gasteiger partial charge on any atom is -1.00 e. The SMILES string of the molecule is C.CC(=O)N1CC[C@@H](NC(=O)[C@H](Cc2c(C)cc(OC(=O)OC(C)(C)C)cc2C)NC(=O)OC(C)(C)C)c2cc(Cc3ccccc3)cc(C(F)(F)F)c21.CC(=O)N1CC[C@@H]([NH3+])c2cc(Cc3ccccc3)cc(C(F)(F)F)c21.[Cl-]. The number of ether oxygens (including phenoxy) is 3. The van der Waals surface area contributed by atoms with E-state index in [1.54, 1.807) is 104 Å². The lowest BCUT2D eigenvalue weighted by Gasteiger charge is -2.37. The van der Waals surface area contributed by atoms with Gasteiger partial charge in [-0.15, -0.1) is 0 Å². The van der Waals surface area contributed by atoms with Gasteiger partial charge in [-0.25, -0.2) is 9.59 Å². The number of fused-ring (bicyclic) bond motifs is 2. The third kappa shape index (κ3) is 17.4. The number of carbonyl (C=O) groups excluding carboxylic acids is 5. The van der Waals surface area contributed by atoms with Crippen molar-refractivity contribution in [1.29, 1.82) is 0 Å². The van der Waals surface area contributed by atoms with E-state index in [2.05, 4.69) is 16.4 Å². The highest BCUT2D eigenvalue weighted by molar-refractivity contribution is 5.95. The molecule has 0 spiro atoms. The number of nitrogens with one attached hydrogen (secondary N) is 2. The number of quaternary nitrogens is 1. The Kier molecular flexibility index (Phi) is 21.6. The molecule has 5 N–H and O–H groups in total. The fourth-order valence-electron chi connectivity index (χ4n) is 9.61. The normalized spacial score (nSPS) is 15.5. The molecule has 0 fully saturated rings. The second kappa shape index (κ2) is 26.4. The van der Waals surface area contributed by atoms with Gasteiger partial charge >= 0.3 is 24.6 Å². The van der Waals surface area contributed by atoms with Crippen LogP contribution in [-0.2, 0) is 55.5 Å². The number of carbonyl (C=O) groups is 5. The first kappa shape index (κ1) is 65.4. The third-order valence-corrected chi connectivity index (χ3v) is 13.0. The molecular weight excluding hydrogens is 1070 g/mol. The molecule has 0 bridgehead atoms. The van der Waals surface area contributed by atoms with Crippen LogP contribution in [0.25, 0.3) is 0 Å². The van der Waals surface area contributed by atoms with Crippen molar-refractivity contribution in [1.82, 2.24) is 10.6 Å². The summed E-state index contributed by atoms with van der Waals surface area (Å²) in [5, 5.41) is 5.54. The molecule has 2 aliphatic heterocycles. The first-order valence-corrected chi connectivity index (χ1v) is 25.5. The predicted molar refractivity (Wildman–Crippen MR) is 290 cm³/mol. The maximum absolute atomic E-state index is 14.7. The van der Waals surface area contributed by atoms with Crippen LogP contribution >= 0.6 is 0 Å². The summed E-state index contributed by atoms with van der Waals surface area (Å²) in [6.45, 7) is 16.3. The molecule has 80 heavy (non-hydrogen) atoms. The number of hydrogen-bond acceptors (Lipinski definition) is 8. The molecule has 434 valence electrons. The Morgan fingerprint density at radius 3 is 1.51 bits per heavy atom. The Balaban J connectivity index is 0.000000426. The van der Waals surface area contributed by atoms with Gasteiger partial charge in [-0.2, -0.15) is 26.3 Å². The molecule has 0 unspecified atom stereocenters. The van der Waals surface area contributed by atoms with Crippen molar-refractivity contribution in [3.8, 4) is 5.75 Å². The van der Waals surface area contributed by atoms with E-state index in [1.165, 1.54) is 24.8 Å². The number of halogens is 7. The summed E-state index contributed by atoms with van der Waals surface area (Å²) in [6.07, 6.45) is -9.84. The van der Waals surface area contributed by atoms with E-state index in [9.17, 15) is 50.3 Å². The van der Waals surface area contributed by atoms with E-state index in [0.29, 0.717) is 46.2 Å². The van der Waals surface area contributed by atoms with E-state index < -0.39 is 70.8 Å². The number of nitrogens with zero attached hydrogens (tertiary/aromatic N) is 2. The number of anilines is 2. The lowest BCUT2D eigenvalue weighted by Crippen LogP contribution is -3.00. The summed E-state index contributed by atoms with van der Waals surface area (Å²) in [7, 11) is 0. The maximum atomic E-state index is 14.7. The van der Waals surface area contributed by atoms with Crippen molar-refractivity contribution in [2.75, 3.05) is 22.9 Å². The van der Waals surface area contributed by atoms with Gasteiger partial charge in [0.1, 0.15) is 29.0 Å². The average Bonchev–Trinajstić information content (AvgIpc) is 3.31. The van der Waals surface area contributed by atoms with Crippen LogP contribution in [-0.4, -0.2) is 60.3 Å². The molecule has 13 nitrogen and oxygen atoms in total. The summed E-state index contributed by atoms with van der Waals surface area (Å²) >= 11 is 0. The summed E-state index contributed by atoms with van der Waals surface area (Å²) in [4.78, 5) is 66.4. The van der Waals surface area contributed by atoms with Crippen molar-refractivity contribution >= 4 is 41.3 Å². The van der Waals surface area contributed by atoms with E-state index in [0.717, 1.165) is 22.1 Å². The van der Waals surface area contributed by atoms with Crippen molar-refractivity contribution in [3.05, 3.63) is 158 Å². The Morgan fingerprint density at radius 1 is 0.637 bits per heavy atom. The second-order valence-corrected chi connectivity index (χ2v) is 21.7. The summed E-state index contributed by atoms with van der Waals surface area (Å²) in [5.74, 6) is -1.39. The van der Waals surface area contributed by atoms with E-state index in [1.807, 2.05) is 36.4 Å². The zero-order chi connectivity index (χ0) is 57.7. The van der Waals surface area contributed by atoms with Gasteiger partial charge in [-0.3, -0.25) is 14.4 Å². The Labute approximate surface area is 470 Å². The highest BCUT2D eigenvalue weighted by Gasteiger charge is 2.43. The number of rotatable bonds is 10. The molecule has 5 aromatic carbocycles. The zero-order valence-corrected chi connectivity index (χ0v) is 46.7. The van der Waals surface area contributed by atoms with Gasteiger partial charge in [0.05, 0.1) is 28.5 Å². The van der Waals surface area contributed by atoms with Crippen LogP contribution in [0.5, 0.6) is 5.75 Å². The van der Waals surface area contributed by atoms with Gasteiger partial charge in [-0.1, -0.05) is 74.2 Å². The van der Waals surface area contributed by atoms with Crippen LogP contribution < -0.4 is 43.3 Å². The molecule has 20 heteroatoms. The molecule has 2 heterocycles. The zero-order valence-electron chi connectivity index (χ0n) is 45.9. The molecule has 5 aromatic rings. The van der Waals surface area contributed by atoms with Gasteiger partial charge in [0.2, 0.25) is 17.7 Å². The summed E-state index contributed by atoms with van der Waals surface area (Å²) < 4.78 is 101.